The molecule has 3 aromatic rings. The van der Waals surface area contributed by atoms with Gasteiger partial charge in [-0.05, 0) is 62.6 Å². The Bertz CT molecular complexity index is 1200. The first-order valence-corrected chi connectivity index (χ1v) is 10.7. The second-order valence-electron chi connectivity index (χ2n) is 8.29. The molecule has 1 saturated heterocycles. The minimum absolute atomic E-state index is 0.0264. The van der Waals surface area contributed by atoms with Gasteiger partial charge in [0, 0.05) is 0 Å². The SMILES string of the molecule is COc1ccc(Oc2c(C(F)(F)F)oc3c(C[NH+]4CCCC[C@H]4C)c(O)ccc3c2=O)cc1. The molecule has 4 rings (SSSR count). The van der Waals surface area contributed by atoms with Gasteiger partial charge in [0.2, 0.25) is 11.2 Å². The van der Waals surface area contributed by atoms with Gasteiger partial charge >= 0.3 is 6.18 Å². The zero-order valence-electron chi connectivity index (χ0n) is 18.3. The van der Waals surface area contributed by atoms with E-state index in [-0.39, 0.29) is 40.6 Å². The highest BCUT2D eigenvalue weighted by Crippen LogP contribution is 2.40. The molecule has 6 nitrogen and oxygen atoms in total. The minimum Gasteiger partial charge on any atom is -0.507 e. The summed E-state index contributed by atoms with van der Waals surface area (Å²) in [6.07, 6.45) is -1.92. The normalized spacial score (nSPS) is 18.9. The Morgan fingerprint density at radius 3 is 2.45 bits per heavy atom. The van der Waals surface area contributed by atoms with Crippen molar-refractivity contribution in [2.24, 2.45) is 0 Å². The Morgan fingerprint density at radius 1 is 1.12 bits per heavy atom. The molecule has 1 unspecified atom stereocenters. The largest absolute Gasteiger partial charge is 0.507 e. The van der Waals surface area contributed by atoms with E-state index in [4.69, 9.17) is 13.9 Å². The predicted octanol–water partition coefficient (Wildman–Crippen LogP) is 4.28. The molecule has 0 aliphatic carbocycles. The van der Waals surface area contributed by atoms with Crippen LogP contribution < -0.4 is 19.8 Å². The number of hydrogen-bond acceptors (Lipinski definition) is 5. The van der Waals surface area contributed by atoms with Crippen LogP contribution in [0.1, 0.15) is 37.5 Å². The van der Waals surface area contributed by atoms with Gasteiger partial charge in [-0.15, -0.1) is 0 Å². The number of rotatable bonds is 5. The number of hydrogen-bond donors (Lipinski definition) is 2. The smallest absolute Gasteiger partial charge is 0.453 e. The summed E-state index contributed by atoms with van der Waals surface area (Å²) in [7, 11) is 1.45. The number of likely N-dealkylation sites (tertiary alicyclic amines) is 1. The maximum absolute atomic E-state index is 13.9. The number of phenolic OH excluding ortho intramolecular Hbond substituents is 1. The molecular formula is C24H25F3NO5+. The lowest BCUT2D eigenvalue weighted by Crippen LogP contribution is -3.14. The van der Waals surface area contributed by atoms with Crippen molar-refractivity contribution in [1.29, 1.82) is 0 Å². The van der Waals surface area contributed by atoms with E-state index in [0.29, 0.717) is 5.75 Å². The molecule has 2 aromatic carbocycles. The lowest BCUT2D eigenvalue weighted by molar-refractivity contribution is -0.941. The van der Waals surface area contributed by atoms with Crippen LogP contribution in [0, 0.1) is 0 Å². The standard InChI is InChI=1S/C24H24F3NO5/c1-14-5-3-4-12-28(14)13-18-19(29)11-10-17-20(30)22(23(24(25,26)27)33-21(17)18)32-16-8-6-15(31-2)7-9-16/h6-11,14,29H,3-5,12-13H2,1-2H3/p+1/t14-/m1/s1. The van der Waals surface area contributed by atoms with Crippen LogP contribution in [-0.4, -0.2) is 24.8 Å². The van der Waals surface area contributed by atoms with Gasteiger partial charge in [0.05, 0.1) is 30.6 Å². The molecule has 1 aromatic heterocycles. The quantitative estimate of drug-likeness (QED) is 0.590. The number of phenols is 1. The number of piperidine rings is 1. The molecule has 176 valence electrons. The molecule has 0 bridgehead atoms. The van der Waals surface area contributed by atoms with Gasteiger partial charge in [-0.3, -0.25) is 4.79 Å². The number of methoxy groups -OCH3 is 1. The van der Waals surface area contributed by atoms with Crippen LogP contribution >= 0.6 is 0 Å². The fourth-order valence-electron chi connectivity index (χ4n) is 4.24. The first-order valence-electron chi connectivity index (χ1n) is 10.7. The van der Waals surface area contributed by atoms with Gasteiger partial charge in [0.15, 0.2) is 5.58 Å². The molecule has 0 amide bonds. The van der Waals surface area contributed by atoms with Crippen molar-refractivity contribution >= 4 is 11.0 Å². The number of quaternary nitrogens is 1. The summed E-state index contributed by atoms with van der Waals surface area (Å²) >= 11 is 0. The fourth-order valence-corrected chi connectivity index (χ4v) is 4.24. The molecule has 0 saturated carbocycles. The van der Waals surface area contributed by atoms with Gasteiger partial charge < -0.3 is 23.9 Å². The summed E-state index contributed by atoms with van der Waals surface area (Å²) in [6.45, 7) is 3.14. The van der Waals surface area contributed by atoms with Gasteiger partial charge in [0.1, 0.15) is 23.8 Å². The summed E-state index contributed by atoms with van der Waals surface area (Å²) in [6, 6.07) is 8.65. The summed E-state index contributed by atoms with van der Waals surface area (Å²) < 4.78 is 57.5. The Morgan fingerprint density at radius 2 is 1.82 bits per heavy atom. The molecular weight excluding hydrogens is 439 g/mol. The molecule has 9 heteroatoms. The van der Waals surface area contributed by atoms with E-state index in [9.17, 15) is 23.1 Å². The highest BCUT2D eigenvalue weighted by Gasteiger charge is 2.41. The summed E-state index contributed by atoms with van der Waals surface area (Å²) in [5.41, 5.74) is -1.03. The van der Waals surface area contributed by atoms with E-state index in [0.717, 1.165) is 30.7 Å². The molecule has 2 heterocycles. The van der Waals surface area contributed by atoms with Crippen molar-refractivity contribution < 1.29 is 37.1 Å². The van der Waals surface area contributed by atoms with Crippen LogP contribution in [0.2, 0.25) is 0 Å². The molecule has 0 spiro atoms. The number of halogens is 3. The topological polar surface area (TPSA) is 73.3 Å². The van der Waals surface area contributed by atoms with E-state index >= 15 is 0 Å². The van der Waals surface area contributed by atoms with Crippen LogP contribution in [0.15, 0.2) is 45.6 Å². The lowest BCUT2D eigenvalue weighted by Gasteiger charge is -2.30. The average molecular weight is 464 g/mol. The summed E-state index contributed by atoms with van der Waals surface area (Å²) in [5.74, 6) is -2.18. The van der Waals surface area contributed by atoms with E-state index in [1.165, 1.54) is 43.5 Å². The predicted molar refractivity (Wildman–Crippen MR) is 115 cm³/mol. The molecule has 2 N–H and O–H groups in total. The number of fused-ring (bicyclic) bond motifs is 1. The number of nitrogens with one attached hydrogen (secondary N) is 1. The second kappa shape index (κ2) is 8.97. The van der Waals surface area contributed by atoms with Crippen molar-refractivity contribution in [2.45, 2.75) is 44.9 Å². The van der Waals surface area contributed by atoms with E-state index in [1.54, 1.807) is 0 Å². The third-order valence-corrected chi connectivity index (χ3v) is 6.12. The minimum atomic E-state index is -4.98. The van der Waals surface area contributed by atoms with Crippen molar-refractivity contribution in [3.8, 4) is 23.0 Å². The van der Waals surface area contributed by atoms with Crippen molar-refractivity contribution in [1.82, 2.24) is 0 Å². The first kappa shape index (κ1) is 23.0. The summed E-state index contributed by atoms with van der Waals surface area (Å²) in [5, 5.41) is 10.4. The molecule has 1 aliphatic rings. The van der Waals surface area contributed by atoms with Crippen molar-refractivity contribution in [3.63, 3.8) is 0 Å². The lowest BCUT2D eigenvalue weighted by atomic mass is 10.0. The zero-order valence-corrected chi connectivity index (χ0v) is 18.3. The second-order valence-corrected chi connectivity index (χ2v) is 8.29. The van der Waals surface area contributed by atoms with E-state index < -0.39 is 23.1 Å². The molecule has 1 fully saturated rings. The molecule has 0 radical (unpaired) electrons. The van der Waals surface area contributed by atoms with Gasteiger partial charge in [-0.25, -0.2) is 0 Å². The van der Waals surface area contributed by atoms with E-state index in [1.807, 2.05) is 0 Å². The maximum Gasteiger partial charge on any atom is 0.453 e. The zero-order chi connectivity index (χ0) is 23.8. The Balaban J connectivity index is 1.85. The number of ether oxygens (including phenoxy) is 2. The Hall–Kier alpha value is -3.20. The number of aromatic hydroxyl groups is 1. The Kier molecular flexibility index (Phi) is 6.25. The van der Waals surface area contributed by atoms with Gasteiger partial charge in [-0.1, -0.05) is 0 Å². The first-order chi connectivity index (χ1) is 15.7. The third kappa shape index (κ3) is 4.64. The summed E-state index contributed by atoms with van der Waals surface area (Å²) in [4.78, 5) is 14.3. The van der Waals surface area contributed by atoms with Crippen molar-refractivity contribution in [3.05, 3.63) is 57.9 Å². The van der Waals surface area contributed by atoms with Crippen LogP contribution in [-0.2, 0) is 12.7 Å². The van der Waals surface area contributed by atoms with Crippen LogP contribution in [0.3, 0.4) is 0 Å². The average Bonchev–Trinajstić information content (AvgIpc) is 2.78. The third-order valence-electron chi connectivity index (χ3n) is 6.12. The van der Waals surface area contributed by atoms with E-state index in [2.05, 4.69) is 6.92 Å². The monoisotopic (exact) mass is 464 g/mol. The van der Waals surface area contributed by atoms with Gasteiger partial charge in [0.25, 0.3) is 5.76 Å². The molecule has 2 atom stereocenters. The number of alkyl halides is 3. The molecule has 1 aliphatic heterocycles. The maximum atomic E-state index is 13.9. The van der Waals surface area contributed by atoms with Crippen LogP contribution in [0.5, 0.6) is 23.0 Å². The number of benzene rings is 2. The van der Waals surface area contributed by atoms with Crippen molar-refractivity contribution in [2.75, 3.05) is 13.7 Å². The molecule has 33 heavy (non-hydrogen) atoms. The fraction of sp³-hybridized carbons (Fsp3) is 0.375. The van der Waals surface area contributed by atoms with Gasteiger partial charge in [-0.2, -0.15) is 13.2 Å². The highest BCUT2D eigenvalue weighted by atomic mass is 19.4. The van der Waals surface area contributed by atoms with Crippen LogP contribution in [0.25, 0.3) is 11.0 Å². The van der Waals surface area contributed by atoms with Crippen LogP contribution in [0.4, 0.5) is 13.2 Å². The highest BCUT2D eigenvalue weighted by molar-refractivity contribution is 5.83. The Labute approximate surface area is 188 Å².